The van der Waals surface area contributed by atoms with E-state index in [-0.39, 0.29) is 43.4 Å². The largest absolute Gasteiger partial charge is 0.383 e. The second-order valence-electron chi connectivity index (χ2n) is 4.34. The number of thiophene rings is 1. The number of halogens is 2. The topological polar surface area (TPSA) is 67.6 Å². The van der Waals surface area contributed by atoms with Gasteiger partial charge < -0.3 is 20.7 Å². The van der Waals surface area contributed by atoms with Gasteiger partial charge in [-0.2, -0.15) is 11.3 Å². The molecule has 2 atom stereocenters. The molecule has 0 aliphatic carbocycles. The maximum absolute atomic E-state index is 11.7. The van der Waals surface area contributed by atoms with Gasteiger partial charge in [-0.15, -0.1) is 24.8 Å². The number of nitrogens with zero attached hydrogens (tertiary/aromatic N) is 1. The molecule has 0 aliphatic rings. The molecule has 20 heavy (non-hydrogen) atoms. The van der Waals surface area contributed by atoms with Crippen LogP contribution in [-0.4, -0.2) is 51.2 Å². The van der Waals surface area contributed by atoms with Crippen molar-refractivity contribution in [3.05, 3.63) is 22.4 Å². The highest BCUT2D eigenvalue weighted by atomic mass is 35.5. The van der Waals surface area contributed by atoms with Crippen LogP contribution < -0.4 is 11.1 Å². The summed E-state index contributed by atoms with van der Waals surface area (Å²) in [6.07, 6.45) is 0. The van der Waals surface area contributed by atoms with Crippen LogP contribution in [0, 0.1) is 0 Å². The normalized spacial score (nSPS) is 13.1. The number of amides is 1. The van der Waals surface area contributed by atoms with Gasteiger partial charge in [-0.05, 0) is 36.5 Å². The smallest absolute Gasteiger partial charge is 0.239 e. The molecule has 0 saturated carbocycles. The van der Waals surface area contributed by atoms with Crippen LogP contribution in [0.3, 0.4) is 0 Å². The van der Waals surface area contributed by atoms with Crippen LogP contribution in [0.15, 0.2) is 16.8 Å². The van der Waals surface area contributed by atoms with Gasteiger partial charge in [-0.1, -0.05) is 0 Å². The second-order valence-corrected chi connectivity index (χ2v) is 5.12. The molecule has 0 radical (unpaired) electrons. The molecule has 0 saturated heterocycles. The molecule has 1 rings (SSSR count). The zero-order valence-electron chi connectivity index (χ0n) is 11.9. The van der Waals surface area contributed by atoms with Crippen molar-refractivity contribution in [2.75, 3.05) is 34.4 Å². The minimum atomic E-state index is -0.611. The van der Waals surface area contributed by atoms with E-state index in [1.165, 1.54) is 12.7 Å². The van der Waals surface area contributed by atoms with Gasteiger partial charge >= 0.3 is 0 Å². The Kier molecular flexibility index (Phi) is 12.4. The first-order valence-corrected chi connectivity index (χ1v) is 6.71. The SMILES string of the molecule is COCC(N)C(=O)NCC(c1ccsc1)N(C)C.Cl.Cl. The zero-order valence-corrected chi connectivity index (χ0v) is 14.3. The lowest BCUT2D eigenvalue weighted by atomic mass is 10.1. The Morgan fingerprint density at radius 2 is 2.15 bits per heavy atom. The van der Waals surface area contributed by atoms with E-state index in [1.807, 2.05) is 19.5 Å². The molecule has 1 heterocycles. The van der Waals surface area contributed by atoms with Crippen molar-refractivity contribution in [3.63, 3.8) is 0 Å². The Morgan fingerprint density at radius 3 is 2.60 bits per heavy atom. The van der Waals surface area contributed by atoms with Gasteiger partial charge in [0.05, 0.1) is 12.6 Å². The maximum Gasteiger partial charge on any atom is 0.239 e. The fourth-order valence-electron chi connectivity index (χ4n) is 1.65. The number of carbonyl (C=O) groups is 1. The lowest BCUT2D eigenvalue weighted by Crippen LogP contribution is -2.45. The zero-order chi connectivity index (χ0) is 13.5. The quantitative estimate of drug-likeness (QED) is 0.782. The highest BCUT2D eigenvalue weighted by Crippen LogP contribution is 2.19. The number of hydrogen-bond acceptors (Lipinski definition) is 5. The molecule has 1 aromatic rings. The first-order chi connectivity index (χ1) is 8.56. The van der Waals surface area contributed by atoms with Crippen molar-refractivity contribution in [1.29, 1.82) is 0 Å². The van der Waals surface area contributed by atoms with E-state index >= 15 is 0 Å². The summed E-state index contributed by atoms with van der Waals surface area (Å²) < 4.78 is 4.86. The molecule has 0 aromatic carbocycles. The van der Waals surface area contributed by atoms with Crippen molar-refractivity contribution >= 4 is 42.1 Å². The summed E-state index contributed by atoms with van der Waals surface area (Å²) in [5, 5.41) is 6.98. The number of methoxy groups -OCH3 is 1. The Balaban J connectivity index is 0. The summed E-state index contributed by atoms with van der Waals surface area (Å²) >= 11 is 1.65. The second kappa shape index (κ2) is 11.3. The number of rotatable bonds is 7. The fourth-order valence-corrected chi connectivity index (χ4v) is 2.35. The van der Waals surface area contributed by atoms with Gasteiger partial charge in [0.2, 0.25) is 5.91 Å². The van der Waals surface area contributed by atoms with E-state index in [2.05, 4.69) is 21.7 Å². The van der Waals surface area contributed by atoms with Crippen LogP contribution in [0.2, 0.25) is 0 Å². The van der Waals surface area contributed by atoms with E-state index in [9.17, 15) is 4.79 Å². The lowest BCUT2D eigenvalue weighted by Gasteiger charge is -2.24. The molecule has 0 fully saturated rings. The Hall–Kier alpha value is -0.370. The average Bonchev–Trinajstić information content (AvgIpc) is 2.82. The van der Waals surface area contributed by atoms with Gasteiger partial charge in [0.15, 0.2) is 0 Å². The van der Waals surface area contributed by atoms with E-state index in [0.29, 0.717) is 6.54 Å². The first kappa shape index (κ1) is 21.9. The lowest BCUT2D eigenvalue weighted by molar-refractivity contribution is -0.123. The Morgan fingerprint density at radius 1 is 1.50 bits per heavy atom. The van der Waals surface area contributed by atoms with Crippen LogP contribution in [0.4, 0.5) is 0 Å². The maximum atomic E-state index is 11.7. The number of carbonyl (C=O) groups excluding carboxylic acids is 1. The standard InChI is InChI=1S/C12H21N3O2S.2ClH/c1-15(2)11(9-4-5-18-8-9)6-14-12(16)10(13)7-17-3;;/h4-5,8,10-11H,6-7,13H2,1-3H3,(H,14,16);2*1H. The van der Waals surface area contributed by atoms with Gasteiger partial charge in [0.1, 0.15) is 6.04 Å². The summed E-state index contributed by atoms with van der Waals surface area (Å²) in [6, 6.07) is 1.62. The van der Waals surface area contributed by atoms with Crippen LogP contribution in [0.1, 0.15) is 11.6 Å². The third kappa shape index (κ3) is 6.88. The number of nitrogens with one attached hydrogen (secondary N) is 1. The molecule has 3 N–H and O–H groups in total. The molecule has 0 bridgehead atoms. The van der Waals surface area contributed by atoms with Gasteiger partial charge in [0, 0.05) is 13.7 Å². The molecule has 1 aromatic heterocycles. The van der Waals surface area contributed by atoms with Crippen molar-refractivity contribution in [2.24, 2.45) is 5.73 Å². The van der Waals surface area contributed by atoms with Gasteiger partial charge in [0.25, 0.3) is 0 Å². The van der Waals surface area contributed by atoms with Crippen molar-refractivity contribution in [3.8, 4) is 0 Å². The van der Waals surface area contributed by atoms with E-state index < -0.39 is 6.04 Å². The van der Waals surface area contributed by atoms with E-state index in [1.54, 1.807) is 11.3 Å². The molecule has 118 valence electrons. The molecule has 1 amide bonds. The van der Waals surface area contributed by atoms with E-state index in [0.717, 1.165) is 0 Å². The molecule has 0 spiro atoms. The first-order valence-electron chi connectivity index (χ1n) is 5.77. The molecule has 8 heteroatoms. The third-order valence-electron chi connectivity index (χ3n) is 2.70. The third-order valence-corrected chi connectivity index (χ3v) is 3.41. The van der Waals surface area contributed by atoms with Crippen molar-refractivity contribution < 1.29 is 9.53 Å². The van der Waals surface area contributed by atoms with Gasteiger partial charge in [-0.3, -0.25) is 4.79 Å². The van der Waals surface area contributed by atoms with Crippen LogP contribution in [0.5, 0.6) is 0 Å². The number of likely N-dealkylation sites (N-methyl/N-ethyl adjacent to an activating group) is 1. The predicted octanol–water partition coefficient (Wildman–Crippen LogP) is 1.28. The highest BCUT2D eigenvalue weighted by molar-refractivity contribution is 7.07. The predicted molar refractivity (Wildman–Crippen MR) is 88.1 cm³/mol. The van der Waals surface area contributed by atoms with E-state index in [4.69, 9.17) is 10.5 Å². The van der Waals surface area contributed by atoms with Crippen molar-refractivity contribution in [2.45, 2.75) is 12.1 Å². The highest BCUT2D eigenvalue weighted by Gasteiger charge is 2.18. The Labute approximate surface area is 136 Å². The molecule has 2 unspecified atom stereocenters. The number of ether oxygens (including phenoxy) is 1. The molecule has 0 aliphatic heterocycles. The monoisotopic (exact) mass is 343 g/mol. The fraction of sp³-hybridized carbons (Fsp3) is 0.583. The average molecular weight is 344 g/mol. The van der Waals surface area contributed by atoms with Crippen LogP contribution in [-0.2, 0) is 9.53 Å². The van der Waals surface area contributed by atoms with Crippen LogP contribution >= 0.6 is 36.2 Å². The number of nitrogens with two attached hydrogens (primary N) is 1. The minimum absolute atomic E-state index is 0. The Bertz CT molecular complexity index is 364. The molecular weight excluding hydrogens is 321 g/mol. The van der Waals surface area contributed by atoms with Crippen molar-refractivity contribution in [1.82, 2.24) is 10.2 Å². The molecular formula is C12H23Cl2N3O2S. The summed E-state index contributed by atoms with van der Waals surface area (Å²) in [5.74, 6) is -0.182. The number of hydrogen-bond donors (Lipinski definition) is 2. The summed E-state index contributed by atoms with van der Waals surface area (Å²) in [6.45, 7) is 0.775. The summed E-state index contributed by atoms with van der Waals surface area (Å²) in [5.41, 5.74) is 6.86. The molecule has 5 nitrogen and oxygen atoms in total. The van der Waals surface area contributed by atoms with Crippen LogP contribution in [0.25, 0.3) is 0 Å². The summed E-state index contributed by atoms with van der Waals surface area (Å²) in [7, 11) is 5.51. The summed E-state index contributed by atoms with van der Waals surface area (Å²) in [4.78, 5) is 13.8. The van der Waals surface area contributed by atoms with Gasteiger partial charge in [-0.25, -0.2) is 0 Å². The minimum Gasteiger partial charge on any atom is -0.383 e.